The van der Waals surface area contributed by atoms with Crippen LogP contribution in [0.3, 0.4) is 0 Å². The smallest absolute Gasteiger partial charge is 0.0568 e. The van der Waals surface area contributed by atoms with Gasteiger partial charge in [0.25, 0.3) is 0 Å². The monoisotopic (exact) mass is 443 g/mol. The summed E-state index contributed by atoms with van der Waals surface area (Å²) < 4.78 is 0. The van der Waals surface area contributed by atoms with E-state index in [1.807, 2.05) is 61.5 Å². The molecule has 0 amide bonds. The second kappa shape index (κ2) is 16.6. The van der Waals surface area contributed by atoms with Gasteiger partial charge in [-0.05, 0) is 35.1 Å². The molecule has 1 heterocycles. The first-order valence-electron chi connectivity index (χ1n) is 12.6. The van der Waals surface area contributed by atoms with Crippen molar-refractivity contribution in [2.45, 2.75) is 62.3 Å². The topological polar surface area (TPSA) is 3.24 Å². The van der Waals surface area contributed by atoms with Gasteiger partial charge in [-0.2, -0.15) is 0 Å². The number of nitrogens with zero attached hydrogens (tertiary/aromatic N) is 1. The van der Waals surface area contributed by atoms with Gasteiger partial charge in [-0.1, -0.05) is 135 Å². The summed E-state index contributed by atoms with van der Waals surface area (Å²) in [6, 6.07) is 17.2. The molecule has 0 saturated carbocycles. The molecule has 178 valence electrons. The molecule has 3 aromatic rings. The number of anilines is 2. The van der Waals surface area contributed by atoms with Gasteiger partial charge in [0.05, 0.1) is 5.69 Å². The Morgan fingerprint density at radius 1 is 0.697 bits per heavy atom. The average molecular weight is 444 g/mol. The van der Waals surface area contributed by atoms with Crippen LogP contribution in [0.5, 0.6) is 0 Å². The predicted molar refractivity (Wildman–Crippen MR) is 158 cm³/mol. The lowest BCUT2D eigenvalue weighted by atomic mass is 9.91. The molecule has 4 rings (SSSR count). The van der Waals surface area contributed by atoms with Crippen molar-refractivity contribution < 1.29 is 0 Å². The molecule has 33 heavy (non-hydrogen) atoms. The zero-order valence-electron chi connectivity index (χ0n) is 22.7. The van der Waals surface area contributed by atoms with Crippen LogP contribution in [-0.2, 0) is 0 Å². The maximum absolute atomic E-state index is 4.11. The lowest BCUT2D eigenvalue weighted by Gasteiger charge is -2.26. The highest BCUT2D eigenvalue weighted by Crippen LogP contribution is 2.44. The molecular weight excluding hydrogens is 398 g/mol. The number of hydrogen-bond acceptors (Lipinski definition) is 1. The number of allylic oxidation sites excluding steroid dienone is 1. The maximum Gasteiger partial charge on any atom is 0.0568 e. The summed E-state index contributed by atoms with van der Waals surface area (Å²) in [6.45, 7) is 22.2. The lowest BCUT2D eigenvalue weighted by molar-refractivity contribution is 1.21. The number of fused-ring (bicyclic) bond motifs is 4. The quantitative estimate of drug-likeness (QED) is 0.380. The van der Waals surface area contributed by atoms with E-state index in [4.69, 9.17) is 0 Å². The van der Waals surface area contributed by atoms with Crippen molar-refractivity contribution in [1.29, 1.82) is 0 Å². The third-order valence-corrected chi connectivity index (χ3v) is 4.91. The van der Waals surface area contributed by atoms with E-state index >= 15 is 0 Å². The molecule has 0 aromatic heterocycles. The Balaban J connectivity index is 0.00000116. The zero-order chi connectivity index (χ0) is 25.4. The Morgan fingerprint density at radius 3 is 1.82 bits per heavy atom. The van der Waals surface area contributed by atoms with Crippen LogP contribution in [0.1, 0.15) is 84.6 Å². The molecule has 1 heteroatoms. The van der Waals surface area contributed by atoms with E-state index < -0.39 is 0 Å². The van der Waals surface area contributed by atoms with E-state index in [9.17, 15) is 0 Å². The minimum absolute atomic E-state index is 1.18. The van der Waals surface area contributed by atoms with Crippen molar-refractivity contribution in [3.05, 3.63) is 83.4 Å². The second-order valence-corrected chi connectivity index (χ2v) is 6.29. The molecular formula is C32H45N. The van der Waals surface area contributed by atoms with Gasteiger partial charge in [-0.15, -0.1) is 0 Å². The number of hydrogen-bond donors (Lipinski definition) is 0. The summed E-state index contributed by atoms with van der Waals surface area (Å²) in [5.41, 5.74) is 7.32. The summed E-state index contributed by atoms with van der Waals surface area (Å²) in [5.74, 6) is 0. The van der Waals surface area contributed by atoms with Gasteiger partial charge in [0, 0.05) is 23.7 Å². The Kier molecular flexibility index (Phi) is 15.0. The van der Waals surface area contributed by atoms with Gasteiger partial charge >= 0.3 is 0 Å². The first-order chi connectivity index (χ1) is 16.3. The highest BCUT2D eigenvalue weighted by Gasteiger charge is 2.21. The number of para-hydroxylation sites is 1. The molecule has 0 N–H and O–H groups in total. The molecule has 0 atom stereocenters. The third kappa shape index (κ3) is 6.48. The minimum atomic E-state index is 1.18. The summed E-state index contributed by atoms with van der Waals surface area (Å²) >= 11 is 0. The van der Waals surface area contributed by atoms with Gasteiger partial charge < -0.3 is 4.90 Å². The van der Waals surface area contributed by atoms with Crippen LogP contribution in [0.25, 0.3) is 35.1 Å². The molecule has 1 nitrogen and oxygen atoms in total. The first kappa shape index (κ1) is 29.9. The molecule has 0 bridgehead atoms. The van der Waals surface area contributed by atoms with Gasteiger partial charge in [0.1, 0.15) is 0 Å². The largest absolute Gasteiger partial charge is 0.343 e. The molecule has 1 aliphatic rings. The molecule has 0 spiro atoms. The van der Waals surface area contributed by atoms with E-state index in [1.54, 1.807) is 0 Å². The van der Waals surface area contributed by atoms with Crippen molar-refractivity contribution in [3.63, 3.8) is 0 Å². The molecule has 0 radical (unpaired) electrons. The average Bonchev–Trinajstić information content (AvgIpc) is 3.06. The van der Waals surface area contributed by atoms with Crippen molar-refractivity contribution in [3.8, 4) is 0 Å². The highest BCUT2D eigenvalue weighted by molar-refractivity contribution is 6.09. The van der Waals surface area contributed by atoms with E-state index in [1.165, 1.54) is 44.4 Å². The molecule has 0 saturated heterocycles. The normalized spacial score (nSPS) is 10.5. The maximum atomic E-state index is 4.11. The van der Waals surface area contributed by atoms with E-state index in [-0.39, 0.29) is 0 Å². The zero-order valence-corrected chi connectivity index (χ0v) is 22.7. The molecule has 0 unspecified atom stereocenters. The molecule has 1 aliphatic heterocycles. The fourth-order valence-corrected chi connectivity index (χ4v) is 3.81. The Labute approximate surface area is 204 Å². The van der Waals surface area contributed by atoms with Gasteiger partial charge in [0.2, 0.25) is 0 Å². The van der Waals surface area contributed by atoms with Gasteiger partial charge in [0.15, 0.2) is 0 Å². The molecule has 3 aromatic carbocycles. The summed E-state index contributed by atoms with van der Waals surface area (Å²) in [6.07, 6.45) is 10.7. The van der Waals surface area contributed by atoms with Crippen molar-refractivity contribution >= 4 is 46.5 Å². The summed E-state index contributed by atoms with van der Waals surface area (Å²) in [4.78, 5) is 2.31. The van der Waals surface area contributed by atoms with Gasteiger partial charge in [-0.25, -0.2) is 0 Å². The Hall–Kier alpha value is -3.06. The summed E-state index contributed by atoms with van der Waals surface area (Å²) in [7, 11) is 2.15. The Bertz CT molecular complexity index is 1040. The lowest BCUT2D eigenvalue weighted by Crippen LogP contribution is -2.12. The van der Waals surface area contributed by atoms with Crippen LogP contribution in [0.15, 0.2) is 61.2 Å². The van der Waals surface area contributed by atoms with E-state index in [2.05, 4.69) is 98.3 Å². The first-order valence-corrected chi connectivity index (χ1v) is 12.6. The summed E-state index contributed by atoms with van der Waals surface area (Å²) in [5, 5.41) is 2.52. The van der Waals surface area contributed by atoms with Gasteiger partial charge in [-0.3, -0.25) is 0 Å². The predicted octanol–water partition coefficient (Wildman–Crippen LogP) is 10.9. The van der Waals surface area contributed by atoms with Crippen molar-refractivity contribution in [2.24, 2.45) is 0 Å². The van der Waals surface area contributed by atoms with Crippen LogP contribution in [0, 0.1) is 0 Å². The Morgan fingerprint density at radius 2 is 1.24 bits per heavy atom. The fourth-order valence-electron chi connectivity index (χ4n) is 3.81. The van der Waals surface area contributed by atoms with Crippen LogP contribution in [-0.4, -0.2) is 7.05 Å². The van der Waals surface area contributed by atoms with E-state index in [0.717, 1.165) is 0 Å². The van der Waals surface area contributed by atoms with Crippen LogP contribution >= 0.6 is 0 Å². The molecule has 0 aliphatic carbocycles. The van der Waals surface area contributed by atoms with Crippen LogP contribution in [0.2, 0.25) is 0 Å². The van der Waals surface area contributed by atoms with E-state index in [0.29, 0.717) is 0 Å². The second-order valence-electron chi connectivity index (χ2n) is 6.29. The fraction of sp³-hybridized carbons (Fsp3) is 0.312. The third-order valence-electron chi connectivity index (χ3n) is 4.91. The minimum Gasteiger partial charge on any atom is -0.343 e. The molecule has 0 fully saturated rings. The SMILES string of the molecule is C=Cc1c2c(c3ccccc3c1/C=C\C)N(C)c1ccccc1C=C2.CC.CC.CC.CC. The number of benzene rings is 3. The standard InChI is InChI=1S/C24H21N.4C2H6/c1-4-10-19-18(5-2)22-16-15-17-11-6-9-14-23(17)25(3)24(22)21-13-8-7-12-20(19)21;4*1-2/h4-16H,2H2,1,3H3;4*1-2H3/b10-4-;;;;. The van der Waals surface area contributed by atoms with Crippen LogP contribution in [0.4, 0.5) is 11.4 Å². The van der Waals surface area contributed by atoms with Crippen molar-refractivity contribution in [1.82, 2.24) is 0 Å². The number of rotatable bonds is 2. The van der Waals surface area contributed by atoms with Crippen molar-refractivity contribution in [2.75, 3.05) is 11.9 Å². The van der Waals surface area contributed by atoms with Crippen LogP contribution < -0.4 is 4.90 Å². The highest BCUT2D eigenvalue weighted by atomic mass is 15.1.